The van der Waals surface area contributed by atoms with Crippen molar-refractivity contribution in [3.63, 3.8) is 0 Å². The summed E-state index contributed by atoms with van der Waals surface area (Å²) in [5.74, 6) is 0.0682. The van der Waals surface area contributed by atoms with Gasteiger partial charge in [0.25, 0.3) is 5.91 Å². The van der Waals surface area contributed by atoms with Gasteiger partial charge in [-0.1, -0.05) is 42.9 Å². The topological polar surface area (TPSA) is 93.2 Å². The van der Waals surface area contributed by atoms with E-state index in [1.165, 1.54) is 0 Å². The molecule has 8 heteroatoms. The van der Waals surface area contributed by atoms with Crippen molar-refractivity contribution in [1.82, 2.24) is 15.5 Å². The number of carbonyl (C=O) groups is 2. The predicted molar refractivity (Wildman–Crippen MR) is 101 cm³/mol. The van der Waals surface area contributed by atoms with Gasteiger partial charge >= 0.3 is 0 Å². The van der Waals surface area contributed by atoms with Gasteiger partial charge in [0.05, 0.1) is 0 Å². The van der Waals surface area contributed by atoms with E-state index in [2.05, 4.69) is 34.7 Å². The number of hydrogen-bond donors (Lipinski definition) is 2. The number of anilines is 1. The second-order valence-electron chi connectivity index (χ2n) is 6.35. The first-order valence-corrected chi connectivity index (χ1v) is 9.30. The molecular formula is C18H24N4O3S. The lowest BCUT2D eigenvalue weighted by Crippen LogP contribution is -2.29. The summed E-state index contributed by atoms with van der Waals surface area (Å²) in [6, 6.07) is 7.49. The number of nitrogens with one attached hydrogen (secondary N) is 2. The molecule has 2 aromatic rings. The molecule has 0 aliphatic heterocycles. The highest BCUT2D eigenvalue weighted by Crippen LogP contribution is 2.14. The van der Waals surface area contributed by atoms with Gasteiger partial charge in [-0.3, -0.25) is 9.59 Å². The lowest BCUT2D eigenvalue weighted by Gasteiger charge is -2.06. The van der Waals surface area contributed by atoms with E-state index in [0.717, 1.165) is 23.3 Å². The second-order valence-corrected chi connectivity index (χ2v) is 7.41. The van der Waals surface area contributed by atoms with E-state index in [0.29, 0.717) is 23.2 Å². The maximum absolute atomic E-state index is 12.2. The molecule has 0 aliphatic carbocycles. The van der Waals surface area contributed by atoms with E-state index >= 15 is 0 Å². The van der Waals surface area contributed by atoms with Crippen molar-refractivity contribution in [1.29, 1.82) is 0 Å². The van der Waals surface area contributed by atoms with Crippen LogP contribution in [0.1, 0.15) is 40.6 Å². The smallest absolute Gasteiger partial charge is 0.286 e. The number of aromatic nitrogens is 2. The normalized spacial score (nSPS) is 10.8. The fourth-order valence-corrected chi connectivity index (χ4v) is 2.68. The van der Waals surface area contributed by atoms with Gasteiger partial charge < -0.3 is 15.4 Å². The summed E-state index contributed by atoms with van der Waals surface area (Å²) in [7, 11) is 0. The summed E-state index contributed by atoms with van der Waals surface area (Å²) >= 11 is 1.15. The van der Waals surface area contributed by atoms with E-state index in [-0.39, 0.29) is 30.0 Å². The first kappa shape index (κ1) is 20.0. The molecule has 0 unspecified atom stereocenters. The number of ether oxygens (including phenoxy) is 1. The van der Waals surface area contributed by atoms with Gasteiger partial charge in [0, 0.05) is 12.2 Å². The molecule has 0 aliphatic rings. The number of benzene rings is 1. The lowest BCUT2D eigenvalue weighted by molar-refractivity contribution is -0.126. The standard InChI is InChI=1S/C18H24N4O3S/c1-12(2)8-9-19-15(23)10-25-11-16-21-22-18(26-16)17(24)20-14-6-4-13(3)5-7-14/h4-7,12H,8-11H2,1-3H3,(H,19,23)(H,20,24). The van der Waals surface area contributed by atoms with Crippen LogP contribution in [-0.2, 0) is 16.1 Å². The van der Waals surface area contributed by atoms with Crippen molar-refractivity contribution in [3.05, 3.63) is 39.8 Å². The Kier molecular flexibility index (Phi) is 7.68. The van der Waals surface area contributed by atoms with Crippen LogP contribution in [0.5, 0.6) is 0 Å². The van der Waals surface area contributed by atoms with Gasteiger partial charge in [-0.05, 0) is 31.4 Å². The third kappa shape index (κ3) is 6.89. The first-order valence-electron chi connectivity index (χ1n) is 8.49. The molecule has 140 valence electrons. The largest absolute Gasteiger partial charge is 0.364 e. The van der Waals surface area contributed by atoms with Crippen LogP contribution in [0.3, 0.4) is 0 Å². The molecule has 0 saturated heterocycles. The van der Waals surface area contributed by atoms with Crippen LogP contribution in [0, 0.1) is 12.8 Å². The quantitative estimate of drug-likeness (QED) is 0.702. The number of hydrogen-bond acceptors (Lipinski definition) is 6. The van der Waals surface area contributed by atoms with Crippen molar-refractivity contribution in [2.45, 2.75) is 33.8 Å². The van der Waals surface area contributed by atoms with Gasteiger partial charge in [0.1, 0.15) is 18.2 Å². The Labute approximate surface area is 157 Å². The van der Waals surface area contributed by atoms with E-state index in [9.17, 15) is 9.59 Å². The van der Waals surface area contributed by atoms with Crippen LogP contribution in [0.4, 0.5) is 5.69 Å². The zero-order valence-corrected chi connectivity index (χ0v) is 16.1. The third-order valence-corrected chi connectivity index (χ3v) is 4.37. The van der Waals surface area contributed by atoms with Gasteiger partial charge in [0.2, 0.25) is 10.9 Å². The zero-order valence-electron chi connectivity index (χ0n) is 15.2. The molecule has 0 radical (unpaired) electrons. The highest BCUT2D eigenvalue weighted by Gasteiger charge is 2.13. The number of amides is 2. The van der Waals surface area contributed by atoms with Crippen LogP contribution < -0.4 is 10.6 Å². The summed E-state index contributed by atoms with van der Waals surface area (Å²) < 4.78 is 5.33. The number of rotatable bonds is 9. The van der Waals surface area contributed by atoms with E-state index in [4.69, 9.17) is 4.74 Å². The van der Waals surface area contributed by atoms with Crippen molar-refractivity contribution in [3.8, 4) is 0 Å². The van der Waals surface area contributed by atoms with Crippen molar-refractivity contribution < 1.29 is 14.3 Å². The molecule has 1 aromatic heterocycles. The molecule has 7 nitrogen and oxygen atoms in total. The van der Waals surface area contributed by atoms with Gasteiger partial charge in [-0.15, -0.1) is 10.2 Å². The highest BCUT2D eigenvalue weighted by atomic mass is 32.1. The van der Waals surface area contributed by atoms with Crippen LogP contribution in [0.15, 0.2) is 24.3 Å². The molecule has 0 atom stereocenters. The summed E-state index contributed by atoms with van der Waals surface area (Å²) in [5, 5.41) is 14.2. The molecule has 2 amide bonds. The fourth-order valence-electron chi connectivity index (χ4n) is 2.01. The molecule has 2 rings (SSSR count). The van der Waals surface area contributed by atoms with Crippen molar-refractivity contribution >= 4 is 28.8 Å². The number of nitrogens with zero attached hydrogens (tertiary/aromatic N) is 2. The molecule has 2 N–H and O–H groups in total. The average molecular weight is 376 g/mol. The Morgan fingerprint density at radius 3 is 2.62 bits per heavy atom. The van der Waals surface area contributed by atoms with Crippen LogP contribution in [0.25, 0.3) is 0 Å². The van der Waals surface area contributed by atoms with Crippen LogP contribution in [-0.4, -0.2) is 35.2 Å². The fraction of sp³-hybridized carbons (Fsp3) is 0.444. The van der Waals surface area contributed by atoms with Crippen LogP contribution >= 0.6 is 11.3 Å². The Bertz CT molecular complexity index is 728. The minimum absolute atomic E-state index is 0.0391. The van der Waals surface area contributed by atoms with Crippen molar-refractivity contribution in [2.24, 2.45) is 5.92 Å². The third-order valence-electron chi connectivity index (χ3n) is 3.47. The molecule has 1 heterocycles. The molecule has 0 bridgehead atoms. The maximum atomic E-state index is 12.2. The zero-order chi connectivity index (χ0) is 18.9. The van der Waals surface area contributed by atoms with Crippen LogP contribution in [0.2, 0.25) is 0 Å². The Morgan fingerprint density at radius 1 is 1.19 bits per heavy atom. The summed E-state index contributed by atoms with van der Waals surface area (Å²) in [6.45, 7) is 6.93. The van der Waals surface area contributed by atoms with E-state index < -0.39 is 0 Å². The SMILES string of the molecule is Cc1ccc(NC(=O)c2nnc(COCC(=O)NCCC(C)C)s2)cc1. The van der Waals surface area contributed by atoms with Gasteiger partial charge in [0.15, 0.2) is 0 Å². The first-order chi connectivity index (χ1) is 12.4. The molecule has 0 spiro atoms. The summed E-state index contributed by atoms with van der Waals surface area (Å²) in [6.07, 6.45) is 0.932. The second kappa shape index (κ2) is 9.98. The minimum atomic E-state index is -0.316. The Balaban J connectivity index is 1.74. The lowest BCUT2D eigenvalue weighted by atomic mass is 10.1. The van der Waals surface area contributed by atoms with E-state index in [1.54, 1.807) is 0 Å². The molecular weight excluding hydrogens is 352 g/mol. The maximum Gasteiger partial charge on any atom is 0.286 e. The molecule has 0 fully saturated rings. The summed E-state index contributed by atoms with van der Waals surface area (Å²) in [4.78, 5) is 23.8. The Hall–Kier alpha value is -2.32. The van der Waals surface area contributed by atoms with Gasteiger partial charge in [-0.25, -0.2) is 0 Å². The number of aryl methyl sites for hydroxylation is 1. The molecule has 0 saturated carbocycles. The minimum Gasteiger partial charge on any atom is -0.364 e. The molecule has 26 heavy (non-hydrogen) atoms. The predicted octanol–water partition coefficient (Wildman–Crippen LogP) is 2.78. The average Bonchev–Trinajstić information content (AvgIpc) is 3.05. The summed E-state index contributed by atoms with van der Waals surface area (Å²) in [5.41, 5.74) is 1.82. The Morgan fingerprint density at radius 2 is 1.92 bits per heavy atom. The van der Waals surface area contributed by atoms with E-state index in [1.807, 2.05) is 31.2 Å². The monoisotopic (exact) mass is 376 g/mol. The molecule has 1 aromatic carbocycles. The van der Waals surface area contributed by atoms with Gasteiger partial charge in [-0.2, -0.15) is 0 Å². The highest BCUT2D eigenvalue weighted by molar-refractivity contribution is 7.13. The number of carbonyl (C=O) groups excluding carboxylic acids is 2. The van der Waals surface area contributed by atoms with Crippen molar-refractivity contribution in [2.75, 3.05) is 18.5 Å².